The van der Waals surface area contributed by atoms with Crippen LogP contribution in [0.5, 0.6) is 0 Å². The molecule has 0 unspecified atom stereocenters. The number of rotatable bonds is 2. The topological polar surface area (TPSA) is 58.9 Å². The average Bonchev–Trinajstić information content (AvgIpc) is 2.81. The number of carbonyl (C=O) groups is 1. The van der Waals surface area contributed by atoms with E-state index < -0.39 is 5.82 Å². The fourth-order valence-electron chi connectivity index (χ4n) is 2.17. The maximum absolute atomic E-state index is 13.3. The highest BCUT2D eigenvalue weighted by Gasteiger charge is 2.17. The summed E-state index contributed by atoms with van der Waals surface area (Å²) in [7, 11) is 0. The van der Waals surface area contributed by atoms with E-state index in [1.54, 1.807) is 24.4 Å². The Labute approximate surface area is 119 Å². The number of nitrogens with two attached hydrogens (primary N) is 1. The monoisotopic (exact) mass is 288 g/mol. The molecule has 1 heterocycles. The Hall–Kier alpha value is -2.33. The summed E-state index contributed by atoms with van der Waals surface area (Å²) < 4.78 is 13.3. The first-order chi connectivity index (χ1) is 9.56. The number of aromatic nitrogens is 1. The van der Waals surface area contributed by atoms with Gasteiger partial charge in [-0.05, 0) is 36.4 Å². The van der Waals surface area contributed by atoms with E-state index in [2.05, 4.69) is 4.98 Å². The number of halogens is 2. The molecule has 0 spiro atoms. The lowest BCUT2D eigenvalue weighted by atomic mass is 10.0. The average molecular weight is 289 g/mol. The molecule has 3 N–H and O–H groups in total. The number of fused-ring (bicyclic) bond motifs is 1. The Morgan fingerprint density at radius 3 is 2.70 bits per heavy atom. The summed E-state index contributed by atoms with van der Waals surface area (Å²) in [6.07, 6.45) is 1.56. The number of anilines is 1. The summed E-state index contributed by atoms with van der Waals surface area (Å²) in [4.78, 5) is 15.4. The first-order valence-corrected chi connectivity index (χ1v) is 6.30. The maximum atomic E-state index is 13.3. The van der Waals surface area contributed by atoms with Gasteiger partial charge in [0.25, 0.3) is 0 Å². The highest BCUT2D eigenvalue weighted by molar-refractivity contribution is 6.31. The van der Waals surface area contributed by atoms with Gasteiger partial charge in [0.2, 0.25) is 0 Å². The third kappa shape index (κ3) is 2.04. The van der Waals surface area contributed by atoms with Gasteiger partial charge in [-0.2, -0.15) is 0 Å². The van der Waals surface area contributed by atoms with Gasteiger partial charge < -0.3 is 10.7 Å². The minimum atomic E-state index is -0.393. The molecule has 0 saturated carbocycles. The third-order valence-electron chi connectivity index (χ3n) is 3.15. The van der Waals surface area contributed by atoms with Crippen LogP contribution in [0.25, 0.3) is 10.9 Å². The maximum Gasteiger partial charge on any atom is 0.197 e. The molecular weight excluding hydrogens is 279 g/mol. The molecule has 1 aromatic heterocycles. The molecule has 0 aliphatic carbocycles. The quantitative estimate of drug-likeness (QED) is 0.557. The fraction of sp³-hybridized carbons (Fsp3) is 0. The lowest BCUT2D eigenvalue weighted by Crippen LogP contribution is -2.04. The summed E-state index contributed by atoms with van der Waals surface area (Å²) in [5.41, 5.74) is 7.54. The van der Waals surface area contributed by atoms with Crippen LogP contribution in [-0.2, 0) is 0 Å². The van der Waals surface area contributed by atoms with Crippen molar-refractivity contribution in [1.29, 1.82) is 0 Å². The minimum absolute atomic E-state index is 0.268. The van der Waals surface area contributed by atoms with Gasteiger partial charge in [-0.1, -0.05) is 11.6 Å². The second kappa shape index (κ2) is 4.65. The van der Waals surface area contributed by atoms with Crippen LogP contribution >= 0.6 is 11.6 Å². The smallest absolute Gasteiger partial charge is 0.197 e. The summed E-state index contributed by atoms with van der Waals surface area (Å²) in [5.74, 6) is -0.661. The molecule has 0 amide bonds. The number of hydrogen-bond acceptors (Lipinski definition) is 2. The Morgan fingerprint density at radius 1 is 1.15 bits per heavy atom. The summed E-state index contributed by atoms with van der Waals surface area (Å²) in [6, 6.07) is 8.94. The Bertz CT molecular complexity index is 826. The van der Waals surface area contributed by atoms with Crippen molar-refractivity contribution in [3.63, 3.8) is 0 Å². The largest absolute Gasteiger partial charge is 0.398 e. The number of nitrogen functional groups attached to an aromatic ring is 1. The van der Waals surface area contributed by atoms with Crippen molar-refractivity contribution in [3.05, 3.63) is 64.6 Å². The summed E-state index contributed by atoms with van der Waals surface area (Å²) in [6.45, 7) is 0. The van der Waals surface area contributed by atoms with Crippen LogP contribution < -0.4 is 5.73 Å². The van der Waals surface area contributed by atoms with Gasteiger partial charge in [0.15, 0.2) is 5.78 Å². The molecule has 5 heteroatoms. The predicted molar refractivity (Wildman–Crippen MR) is 77.6 cm³/mol. The lowest BCUT2D eigenvalue weighted by Gasteiger charge is -2.04. The zero-order chi connectivity index (χ0) is 14.3. The Balaban J connectivity index is 2.15. The second-order valence-electron chi connectivity index (χ2n) is 4.45. The van der Waals surface area contributed by atoms with Crippen molar-refractivity contribution in [1.82, 2.24) is 4.98 Å². The molecule has 0 atom stereocenters. The summed E-state index contributed by atoms with van der Waals surface area (Å²) >= 11 is 5.82. The van der Waals surface area contributed by atoms with Crippen LogP contribution in [0.1, 0.15) is 15.9 Å². The molecule has 2 aromatic carbocycles. The van der Waals surface area contributed by atoms with Gasteiger partial charge in [0, 0.05) is 38.9 Å². The van der Waals surface area contributed by atoms with Gasteiger partial charge in [-0.3, -0.25) is 4.79 Å². The highest BCUT2D eigenvalue weighted by atomic mass is 35.5. The molecule has 3 aromatic rings. The standard InChI is InChI=1S/C15H10ClFN2O/c16-8-1-3-10(13(18)5-8)15(20)12-7-19-14-4-2-9(17)6-11(12)14/h1-7,19H,18H2. The Kier molecular flexibility index (Phi) is 2.95. The molecule has 3 rings (SSSR count). The van der Waals surface area contributed by atoms with E-state index >= 15 is 0 Å². The van der Waals surface area contributed by atoms with Crippen molar-refractivity contribution < 1.29 is 9.18 Å². The molecule has 0 radical (unpaired) electrons. The lowest BCUT2D eigenvalue weighted by molar-refractivity contribution is 0.104. The molecule has 0 aliphatic heterocycles. The van der Waals surface area contributed by atoms with Gasteiger partial charge in [-0.15, -0.1) is 0 Å². The van der Waals surface area contributed by atoms with Crippen LogP contribution in [0.4, 0.5) is 10.1 Å². The number of hydrogen-bond donors (Lipinski definition) is 2. The SMILES string of the molecule is Nc1cc(Cl)ccc1C(=O)c1c[nH]c2ccc(F)cc12. The zero-order valence-electron chi connectivity index (χ0n) is 10.3. The van der Waals surface area contributed by atoms with E-state index in [1.165, 1.54) is 18.2 Å². The molecular formula is C15H10ClFN2O. The van der Waals surface area contributed by atoms with Crippen LogP contribution in [0.2, 0.25) is 5.02 Å². The van der Waals surface area contributed by atoms with Crippen LogP contribution in [0, 0.1) is 5.82 Å². The highest BCUT2D eigenvalue weighted by Crippen LogP contribution is 2.25. The van der Waals surface area contributed by atoms with Crippen LogP contribution in [0.3, 0.4) is 0 Å². The number of nitrogens with one attached hydrogen (secondary N) is 1. The van der Waals surface area contributed by atoms with Crippen molar-refractivity contribution in [2.45, 2.75) is 0 Å². The number of aromatic amines is 1. The van der Waals surface area contributed by atoms with E-state index in [4.69, 9.17) is 17.3 Å². The third-order valence-corrected chi connectivity index (χ3v) is 3.38. The van der Waals surface area contributed by atoms with E-state index in [0.717, 1.165) is 0 Å². The van der Waals surface area contributed by atoms with Gasteiger partial charge in [0.05, 0.1) is 0 Å². The number of ketones is 1. The van der Waals surface area contributed by atoms with Gasteiger partial charge in [0.1, 0.15) is 5.82 Å². The molecule has 0 aliphatic rings. The van der Waals surface area contributed by atoms with E-state index in [9.17, 15) is 9.18 Å². The Morgan fingerprint density at radius 2 is 1.95 bits per heavy atom. The van der Waals surface area contributed by atoms with Gasteiger partial charge >= 0.3 is 0 Å². The molecule has 0 saturated heterocycles. The van der Waals surface area contributed by atoms with Gasteiger partial charge in [-0.25, -0.2) is 4.39 Å². The molecule has 0 bridgehead atoms. The normalized spacial score (nSPS) is 10.9. The van der Waals surface area contributed by atoms with Crippen molar-refractivity contribution in [2.75, 3.05) is 5.73 Å². The fourth-order valence-corrected chi connectivity index (χ4v) is 2.35. The summed E-state index contributed by atoms with van der Waals surface area (Å²) in [5, 5.41) is 0.994. The predicted octanol–water partition coefficient (Wildman–Crippen LogP) is 3.77. The molecule has 100 valence electrons. The number of H-pyrrole nitrogens is 1. The molecule has 20 heavy (non-hydrogen) atoms. The van der Waals surface area contributed by atoms with Crippen molar-refractivity contribution in [2.24, 2.45) is 0 Å². The zero-order valence-corrected chi connectivity index (χ0v) is 11.0. The van der Waals surface area contributed by atoms with E-state index in [0.29, 0.717) is 32.7 Å². The first-order valence-electron chi connectivity index (χ1n) is 5.92. The minimum Gasteiger partial charge on any atom is -0.398 e. The molecule has 0 fully saturated rings. The van der Waals surface area contributed by atoms with Crippen LogP contribution in [0.15, 0.2) is 42.6 Å². The van der Waals surface area contributed by atoms with E-state index in [-0.39, 0.29) is 5.78 Å². The van der Waals surface area contributed by atoms with Crippen molar-refractivity contribution >= 4 is 34.0 Å². The second-order valence-corrected chi connectivity index (χ2v) is 4.89. The van der Waals surface area contributed by atoms with Crippen LogP contribution in [-0.4, -0.2) is 10.8 Å². The number of carbonyl (C=O) groups excluding carboxylic acids is 1. The molecule has 3 nitrogen and oxygen atoms in total. The number of benzene rings is 2. The first kappa shape index (κ1) is 12.7. The van der Waals surface area contributed by atoms with Crippen molar-refractivity contribution in [3.8, 4) is 0 Å². The van der Waals surface area contributed by atoms with E-state index in [1.807, 2.05) is 0 Å².